The van der Waals surface area contributed by atoms with Gasteiger partial charge < -0.3 is 0 Å². The Labute approximate surface area is 124 Å². The number of nitrogens with zero attached hydrogens (tertiary/aromatic N) is 2. The van der Waals surface area contributed by atoms with Crippen molar-refractivity contribution in [1.82, 2.24) is 4.98 Å². The minimum absolute atomic E-state index is 0.278. The molecule has 2 aromatic rings. The third-order valence-electron chi connectivity index (χ3n) is 2.69. The van der Waals surface area contributed by atoms with Crippen LogP contribution in [-0.4, -0.2) is 21.4 Å². The van der Waals surface area contributed by atoms with E-state index < -0.39 is 15.6 Å². The lowest BCUT2D eigenvalue weighted by Crippen LogP contribution is -2.04. The number of amides is 1. The molecular weight excluding hydrogens is 284 g/mol. The van der Waals surface area contributed by atoms with Gasteiger partial charge in [0.2, 0.25) is 0 Å². The topological polar surface area (TPSA) is 59.4 Å². The number of carbonyl (C=O) groups excluding carboxylic acids is 1. The van der Waals surface area contributed by atoms with E-state index >= 15 is 0 Å². The van der Waals surface area contributed by atoms with Crippen LogP contribution in [0.25, 0.3) is 0 Å². The molecule has 21 heavy (non-hydrogen) atoms. The van der Waals surface area contributed by atoms with Gasteiger partial charge in [0.15, 0.2) is 0 Å². The average Bonchev–Trinajstić information content (AvgIpc) is 2.48. The van der Waals surface area contributed by atoms with E-state index in [0.717, 1.165) is 0 Å². The molecule has 1 aromatic heterocycles. The van der Waals surface area contributed by atoms with Crippen molar-refractivity contribution in [2.45, 2.75) is 11.8 Å². The second-order valence-corrected chi connectivity index (χ2v) is 6.61. The van der Waals surface area contributed by atoms with Crippen molar-refractivity contribution in [1.29, 1.82) is 0 Å². The predicted octanol–water partition coefficient (Wildman–Crippen LogP) is 2.75. The van der Waals surface area contributed by atoms with Gasteiger partial charge in [-0.2, -0.15) is 4.36 Å². The van der Waals surface area contributed by atoms with E-state index in [1.54, 1.807) is 43.5 Å². The molecule has 0 aliphatic heterocycles. The maximum Gasteiger partial charge on any atom is 0.286 e. The summed E-state index contributed by atoms with van der Waals surface area (Å²) in [5, 5.41) is 0. The van der Waals surface area contributed by atoms with Crippen LogP contribution in [0.2, 0.25) is 0 Å². The quantitative estimate of drug-likeness (QED) is 0.801. The molecule has 1 aromatic carbocycles. The van der Waals surface area contributed by atoms with Crippen molar-refractivity contribution in [3.63, 3.8) is 0 Å². The van der Waals surface area contributed by atoms with E-state index in [4.69, 9.17) is 0 Å². The Kier molecular flexibility index (Phi) is 4.51. The van der Waals surface area contributed by atoms with Gasteiger partial charge in [0.1, 0.15) is 0 Å². The summed E-state index contributed by atoms with van der Waals surface area (Å²) in [6, 6.07) is 10.3. The van der Waals surface area contributed by atoms with Crippen LogP contribution in [0.1, 0.15) is 22.8 Å². The summed E-state index contributed by atoms with van der Waals surface area (Å²) < 4.78 is 16.4. The van der Waals surface area contributed by atoms with Gasteiger partial charge in [0.05, 0.1) is 15.3 Å². The average molecular weight is 298 g/mol. The molecule has 0 N–H and O–H groups in total. The minimum Gasteiger partial charge on any atom is -0.266 e. The molecule has 0 radical (unpaired) electrons. The zero-order valence-corrected chi connectivity index (χ0v) is 12.6. The van der Waals surface area contributed by atoms with Crippen molar-refractivity contribution in [2.75, 3.05) is 6.26 Å². The molecule has 0 spiro atoms. The molecule has 5 heteroatoms. The van der Waals surface area contributed by atoms with Crippen LogP contribution in [0.15, 0.2) is 58.1 Å². The Morgan fingerprint density at radius 1 is 1.24 bits per heavy atom. The Morgan fingerprint density at radius 3 is 2.62 bits per heavy atom. The fraction of sp³-hybridized carbons (Fsp3) is 0.125. The fourth-order valence-corrected chi connectivity index (χ4v) is 2.90. The number of pyridine rings is 1. The van der Waals surface area contributed by atoms with Crippen LogP contribution in [0.5, 0.6) is 0 Å². The van der Waals surface area contributed by atoms with Crippen LogP contribution in [-0.2, 0) is 9.73 Å². The van der Waals surface area contributed by atoms with Crippen LogP contribution in [0, 0.1) is 11.8 Å². The third-order valence-corrected chi connectivity index (χ3v) is 4.35. The van der Waals surface area contributed by atoms with Crippen LogP contribution in [0.3, 0.4) is 0 Å². The van der Waals surface area contributed by atoms with Gasteiger partial charge in [-0.05, 0) is 25.1 Å². The number of rotatable bonds is 2. The number of aromatic nitrogens is 1. The molecule has 1 atom stereocenters. The summed E-state index contributed by atoms with van der Waals surface area (Å²) in [4.78, 5) is 16.6. The zero-order chi connectivity index (χ0) is 15.3. The van der Waals surface area contributed by atoms with E-state index in [2.05, 4.69) is 21.2 Å². The molecule has 0 saturated carbocycles. The maximum absolute atomic E-state index is 12.5. The van der Waals surface area contributed by atoms with Gasteiger partial charge in [-0.1, -0.05) is 24.1 Å². The number of hydrogen-bond acceptors (Lipinski definition) is 3. The van der Waals surface area contributed by atoms with Crippen LogP contribution >= 0.6 is 0 Å². The lowest BCUT2D eigenvalue weighted by molar-refractivity contribution is 0.100. The summed E-state index contributed by atoms with van der Waals surface area (Å²) in [5.41, 5.74) is 0.904. The first kappa shape index (κ1) is 14.9. The highest BCUT2D eigenvalue weighted by Crippen LogP contribution is 2.13. The molecule has 0 saturated heterocycles. The minimum atomic E-state index is -2.77. The molecule has 106 valence electrons. The molecular formula is C16H14N2O2S. The standard InChI is InChI=1S/C16H14N2O2S/c1-3-7-13-10-14(12-17-11-13)16(19)18-21(2,20)15-8-5-4-6-9-15/h4-6,8-12H,1-2H3. The van der Waals surface area contributed by atoms with E-state index in [9.17, 15) is 9.00 Å². The van der Waals surface area contributed by atoms with Crippen molar-refractivity contribution in [3.8, 4) is 11.8 Å². The molecule has 2 rings (SSSR count). The van der Waals surface area contributed by atoms with Crippen molar-refractivity contribution >= 4 is 15.6 Å². The van der Waals surface area contributed by atoms with Gasteiger partial charge >= 0.3 is 0 Å². The van der Waals surface area contributed by atoms with Gasteiger partial charge in [-0.3, -0.25) is 9.78 Å². The molecule has 1 heterocycles. The number of benzene rings is 1. The smallest absolute Gasteiger partial charge is 0.266 e. The Morgan fingerprint density at radius 2 is 1.95 bits per heavy atom. The summed E-state index contributed by atoms with van der Waals surface area (Å²) in [6.45, 7) is 1.70. The molecule has 0 fully saturated rings. The second-order valence-electron chi connectivity index (χ2n) is 4.35. The number of carbonyl (C=O) groups is 1. The maximum atomic E-state index is 12.5. The van der Waals surface area contributed by atoms with Crippen LogP contribution in [0.4, 0.5) is 0 Å². The highest BCUT2D eigenvalue weighted by atomic mass is 32.2. The summed E-state index contributed by atoms with van der Waals surface area (Å²) in [7, 11) is -2.77. The van der Waals surface area contributed by atoms with Crippen LogP contribution < -0.4 is 0 Å². The highest BCUT2D eigenvalue weighted by Gasteiger charge is 2.11. The fourth-order valence-electron chi connectivity index (χ4n) is 1.71. The van der Waals surface area contributed by atoms with E-state index in [0.29, 0.717) is 10.5 Å². The van der Waals surface area contributed by atoms with Crippen molar-refractivity contribution in [2.24, 2.45) is 4.36 Å². The Balaban J connectivity index is 2.40. The first-order valence-corrected chi connectivity index (χ1v) is 8.14. The van der Waals surface area contributed by atoms with Gasteiger partial charge in [-0.15, -0.1) is 5.92 Å². The second kappa shape index (κ2) is 6.33. The van der Waals surface area contributed by atoms with E-state index in [1.165, 1.54) is 12.5 Å². The zero-order valence-electron chi connectivity index (χ0n) is 11.7. The lowest BCUT2D eigenvalue weighted by atomic mass is 10.2. The first-order valence-electron chi connectivity index (χ1n) is 6.22. The monoisotopic (exact) mass is 298 g/mol. The molecule has 4 nitrogen and oxygen atoms in total. The van der Waals surface area contributed by atoms with E-state index in [1.807, 2.05) is 6.07 Å². The Hall–Kier alpha value is -2.45. The predicted molar refractivity (Wildman–Crippen MR) is 82.3 cm³/mol. The number of hydrogen-bond donors (Lipinski definition) is 0. The normalized spacial score (nSPS) is 12.7. The largest absolute Gasteiger partial charge is 0.286 e. The highest BCUT2D eigenvalue weighted by molar-refractivity contribution is 7.93. The summed E-state index contributed by atoms with van der Waals surface area (Å²) in [5.74, 6) is 5.00. The lowest BCUT2D eigenvalue weighted by Gasteiger charge is -2.03. The van der Waals surface area contributed by atoms with Crippen molar-refractivity contribution < 1.29 is 9.00 Å². The van der Waals surface area contributed by atoms with Crippen molar-refractivity contribution in [3.05, 3.63) is 59.9 Å². The third kappa shape index (κ3) is 3.77. The molecule has 1 unspecified atom stereocenters. The first-order chi connectivity index (χ1) is 10.0. The van der Waals surface area contributed by atoms with Gasteiger partial charge in [-0.25, -0.2) is 4.21 Å². The molecule has 0 aliphatic carbocycles. The van der Waals surface area contributed by atoms with E-state index in [-0.39, 0.29) is 5.56 Å². The summed E-state index contributed by atoms with van der Waals surface area (Å²) in [6.07, 6.45) is 4.41. The molecule has 0 bridgehead atoms. The van der Waals surface area contributed by atoms with Gasteiger partial charge in [0, 0.05) is 29.1 Å². The van der Waals surface area contributed by atoms with Gasteiger partial charge in [0.25, 0.3) is 5.91 Å². The Bertz CT molecular complexity index is 839. The molecule has 1 amide bonds. The SMILES string of the molecule is CC#Cc1cncc(C(=O)N=S(C)(=O)c2ccccc2)c1. The summed E-state index contributed by atoms with van der Waals surface area (Å²) >= 11 is 0. The molecule has 0 aliphatic rings.